The van der Waals surface area contributed by atoms with Crippen molar-refractivity contribution in [2.75, 3.05) is 0 Å². The highest BCUT2D eigenvalue weighted by atomic mass is 32.2. The number of carbonyl (C=O) groups is 1. The average molecular weight is 264 g/mol. The second kappa shape index (κ2) is 4.79. The van der Waals surface area contributed by atoms with E-state index >= 15 is 0 Å². The van der Waals surface area contributed by atoms with Gasteiger partial charge in [-0.1, -0.05) is 0 Å². The maximum atomic E-state index is 13.2. The van der Waals surface area contributed by atoms with Crippen molar-refractivity contribution in [3.05, 3.63) is 35.4 Å². The highest BCUT2D eigenvalue weighted by Gasteiger charge is 2.28. The van der Waals surface area contributed by atoms with E-state index in [2.05, 4.69) is 0 Å². The first kappa shape index (κ1) is 13.6. The SMILES string of the molecule is CC(C(=O)O)S(=O)(=O)Cc1cc(F)ccc1F. The molecular formula is C10H10F2O4S. The smallest absolute Gasteiger partial charge is 0.321 e. The van der Waals surface area contributed by atoms with Crippen molar-refractivity contribution in [3.8, 4) is 0 Å². The van der Waals surface area contributed by atoms with Gasteiger partial charge >= 0.3 is 5.97 Å². The van der Waals surface area contributed by atoms with Crippen molar-refractivity contribution in [1.82, 2.24) is 0 Å². The van der Waals surface area contributed by atoms with Crippen LogP contribution in [0.5, 0.6) is 0 Å². The molecule has 0 bridgehead atoms. The molecule has 1 N–H and O–H groups in total. The lowest BCUT2D eigenvalue weighted by molar-refractivity contribution is -0.136. The van der Waals surface area contributed by atoms with E-state index < -0.39 is 38.4 Å². The summed E-state index contributed by atoms with van der Waals surface area (Å²) in [5, 5.41) is 6.91. The van der Waals surface area contributed by atoms with Crippen LogP contribution >= 0.6 is 0 Å². The number of hydrogen-bond donors (Lipinski definition) is 1. The van der Waals surface area contributed by atoms with Crippen LogP contribution in [0.4, 0.5) is 8.78 Å². The van der Waals surface area contributed by atoms with Gasteiger partial charge in [-0.2, -0.15) is 0 Å². The maximum absolute atomic E-state index is 13.2. The molecule has 0 aromatic heterocycles. The Morgan fingerprint density at radius 2 is 2.00 bits per heavy atom. The van der Waals surface area contributed by atoms with Gasteiger partial charge in [-0.25, -0.2) is 17.2 Å². The van der Waals surface area contributed by atoms with Crippen molar-refractivity contribution in [1.29, 1.82) is 0 Å². The predicted octanol–water partition coefficient (Wildman–Crippen LogP) is 1.35. The van der Waals surface area contributed by atoms with Gasteiger partial charge in [-0.3, -0.25) is 4.79 Å². The number of halogens is 2. The molecule has 1 rings (SSSR count). The number of carboxylic acid groups (broad SMARTS) is 1. The Morgan fingerprint density at radius 1 is 1.41 bits per heavy atom. The fraction of sp³-hybridized carbons (Fsp3) is 0.300. The highest BCUT2D eigenvalue weighted by Crippen LogP contribution is 2.16. The van der Waals surface area contributed by atoms with Crippen LogP contribution in [0.3, 0.4) is 0 Å². The topological polar surface area (TPSA) is 71.4 Å². The standard InChI is InChI=1S/C10H10F2O4S/c1-6(10(13)14)17(15,16)5-7-4-8(11)2-3-9(7)12/h2-4,6H,5H2,1H3,(H,13,14). The third-order valence-corrected chi connectivity index (χ3v) is 4.24. The van der Waals surface area contributed by atoms with Crippen molar-refractivity contribution < 1.29 is 27.1 Å². The second-order valence-electron chi connectivity index (χ2n) is 3.52. The first-order chi connectivity index (χ1) is 7.74. The van der Waals surface area contributed by atoms with Crippen LogP contribution in [0.15, 0.2) is 18.2 Å². The number of sulfone groups is 1. The van der Waals surface area contributed by atoms with Gasteiger partial charge in [0.15, 0.2) is 15.1 Å². The molecule has 1 aromatic carbocycles. The fourth-order valence-electron chi connectivity index (χ4n) is 1.15. The van der Waals surface area contributed by atoms with E-state index in [1.165, 1.54) is 0 Å². The van der Waals surface area contributed by atoms with Gasteiger partial charge in [0.2, 0.25) is 0 Å². The number of benzene rings is 1. The molecule has 0 aliphatic heterocycles. The summed E-state index contributed by atoms with van der Waals surface area (Å²) in [7, 11) is -4.06. The van der Waals surface area contributed by atoms with Gasteiger partial charge in [0.1, 0.15) is 11.6 Å². The summed E-state index contributed by atoms with van der Waals surface area (Å²) in [5.41, 5.74) is -0.377. The van der Waals surface area contributed by atoms with Gasteiger partial charge in [-0.05, 0) is 25.1 Å². The van der Waals surface area contributed by atoms with Gasteiger partial charge in [0, 0.05) is 5.56 Å². The Hall–Kier alpha value is -1.50. The zero-order valence-corrected chi connectivity index (χ0v) is 9.67. The maximum Gasteiger partial charge on any atom is 0.321 e. The molecule has 4 nitrogen and oxygen atoms in total. The lowest BCUT2D eigenvalue weighted by Crippen LogP contribution is -2.28. The van der Waals surface area contributed by atoms with Gasteiger partial charge in [-0.15, -0.1) is 0 Å². The molecule has 7 heteroatoms. The number of rotatable bonds is 4. The summed E-state index contributed by atoms with van der Waals surface area (Å²) in [5.74, 6) is -4.03. The van der Waals surface area contributed by atoms with E-state index in [9.17, 15) is 22.0 Å². The van der Waals surface area contributed by atoms with Crippen LogP contribution in [0, 0.1) is 11.6 Å². The van der Waals surface area contributed by atoms with Crippen molar-refractivity contribution in [2.24, 2.45) is 0 Å². The summed E-state index contributed by atoms with van der Waals surface area (Å²) >= 11 is 0. The molecule has 0 saturated carbocycles. The average Bonchev–Trinajstić information content (AvgIpc) is 2.21. The van der Waals surface area contributed by atoms with Crippen LogP contribution in [-0.2, 0) is 20.4 Å². The molecule has 0 fully saturated rings. The van der Waals surface area contributed by atoms with Crippen LogP contribution < -0.4 is 0 Å². The molecule has 17 heavy (non-hydrogen) atoms. The first-order valence-electron chi connectivity index (χ1n) is 4.62. The minimum absolute atomic E-state index is 0.377. The van der Waals surface area contributed by atoms with E-state index in [1.807, 2.05) is 0 Å². The molecule has 0 saturated heterocycles. The third kappa shape index (κ3) is 3.23. The van der Waals surface area contributed by atoms with Crippen LogP contribution in [0.25, 0.3) is 0 Å². The summed E-state index contributed by atoms with van der Waals surface area (Å²) in [4.78, 5) is 10.5. The third-order valence-electron chi connectivity index (χ3n) is 2.25. The lowest BCUT2D eigenvalue weighted by Gasteiger charge is -2.09. The summed E-state index contributed by atoms with van der Waals surface area (Å²) in [6.45, 7) is 0.981. The first-order valence-corrected chi connectivity index (χ1v) is 6.34. The molecule has 0 heterocycles. The zero-order chi connectivity index (χ0) is 13.2. The van der Waals surface area contributed by atoms with Crippen LogP contribution in [0.1, 0.15) is 12.5 Å². The molecule has 1 atom stereocenters. The molecule has 94 valence electrons. The highest BCUT2D eigenvalue weighted by molar-refractivity contribution is 7.91. The Morgan fingerprint density at radius 3 is 2.53 bits per heavy atom. The van der Waals surface area contributed by atoms with E-state index in [0.717, 1.165) is 25.1 Å². The summed E-state index contributed by atoms with van der Waals surface area (Å²) < 4.78 is 49.1. The number of aliphatic carboxylic acids is 1. The molecule has 0 radical (unpaired) electrons. The minimum atomic E-state index is -4.06. The number of hydrogen-bond acceptors (Lipinski definition) is 3. The van der Waals surface area contributed by atoms with E-state index in [0.29, 0.717) is 0 Å². The molecule has 1 aromatic rings. The molecule has 0 aliphatic carbocycles. The molecule has 1 unspecified atom stereocenters. The molecule has 0 amide bonds. The zero-order valence-electron chi connectivity index (χ0n) is 8.85. The Bertz CT molecular complexity index is 539. The fourth-order valence-corrected chi connectivity index (χ4v) is 2.36. The van der Waals surface area contributed by atoms with E-state index in [4.69, 9.17) is 5.11 Å². The minimum Gasteiger partial charge on any atom is -0.480 e. The normalized spacial score (nSPS) is 13.4. The van der Waals surface area contributed by atoms with Crippen molar-refractivity contribution in [2.45, 2.75) is 17.9 Å². The van der Waals surface area contributed by atoms with Crippen LogP contribution in [-0.4, -0.2) is 24.7 Å². The van der Waals surface area contributed by atoms with Gasteiger partial charge in [0.05, 0.1) is 5.75 Å². The van der Waals surface area contributed by atoms with Gasteiger partial charge < -0.3 is 5.11 Å². The van der Waals surface area contributed by atoms with Crippen LogP contribution in [0.2, 0.25) is 0 Å². The Balaban J connectivity index is 3.06. The summed E-state index contributed by atoms with van der Waals surface area (Å²) in [6, 6.07) is 2.39. The summed E-state index contributed by atoms with van der Waals surface area (Å²) in [6.07, 6.45) is 0. The van der Waals surface area contributed by atoms with Crippen molar-refractivity contribution >= 4 is 15.8 Å². The predicted molar refractivity (Wildman–Crippen MR) is 56.1 cm³/mol. The number of carboxylic acids is 1. The molecule has 0 spiro atoms. The van der Waals surface area contributed by atoms with E-state index in [1.54, 1.807) is 0 Å². The lowest BCUT2D eigenvalue weighted by atomic mass is 10.2. The Kier molecular flexibility index (Phi) is 3.82. The second-order valence-corrected chi connectivity index (χ2v) is 5.84. The quantitative estimate of drug-likeness (QED) is 0.891. The van der Waals surface area contributed by atoms with Gasteiger partial charge in [0.25, 0.3) is 0 Å². The van der Waals surface area contributed by atoms with Crippen molar-refractivity contribution in [3.63, 3.8) is 0 Å². The van der Waals surface area contributed by atoms with E-state index in [-0.39, 0.29) is 5.56 Å². The molecular weight excluding hydrogens is 254 g/mol. The molecule has 0 aliphatic rings. The largest absolute Gasteiger partial charge is 0.480 e. The monoisotopic (exact) mass is 264 g/mol. The Labute approximate surface area is 96.8 Å².